The molecule has 3 nitrogen and oxygen atoms in total. The molecule has 1 aromatic heterocycles. The van der Waals surface area contributed by atoms with Crippen LogP contribution in [0.15, 0.2) is 41.0 Å². The van der Waals surface area contributed by atoms with Crippen LogP contribution in [0.2, 0.25) is 0 Å². The average Bonchev–Trinajstić information content (AvgIpc) is 2.89. The van der Waals surface area contributed by atoms with Crippen LogP contribution in [0.5, 0.6) is 5.75 Å². The van der Waals surface area contributed by atoms with E-state index in [9.17, 15) is 4.39 Å². The van der Waals surface area contributed by atoms with E-state index in [1.54, 1.807) is 19.4 Å². The molecule has 1 aromatic carbocycles. The van der Waals surface area contributed by atoms with Gasteiger partial charge in [-0.3, -0.25) is 0 Å². The highest BCUT2D eigenvalue weighted by Crippen LogP contribution is 2.25. The molecule has 2 rings (SSSR count). The molecule has 0 spiro atoms. The SMILES string of the molecule is COc1ccc(F)cc1C(C)NCc1ccco1. The second-order valence-electron chi connectivity index (χ2n) is 4.07. The van der Waals surface area contributed by atoms with Crippen LogP contribution in [0.25, 0.3) is 0 Å². The second kappa shape index (κ2) is 5.69. The molecule has 2 aromatic rings. The number of ether oxygens (including phenoxy) is 1. The van der Waals surface area contributed by atoms with E-state index in [4.69, 9.17) is 9.15 Å². The van der Waals surface area contributed by atoms with Gasteiger partial charge in [-0.25, -0.2) is 4.39 Å². The maximum atomic E-state index is 13.3. The Balaban J connectivity index is 2.08. The monoisotopic (exact) mass is 249 g/mol. The van der Waals surface area contributed by atoms with E-state index in [1.165, 1.54) is 12.1 Å². The molecule has 18 heavy (non-hydrogen) atoms. The van der Waals surface area contributed by atoms with Gasteiger partial charge in [-0.05, 0) is 37.3 Å². The van der Waals surface area contributed by atoms with Crippen molar-refractivity contribution in [3.05, 3.63) is 53.7 Å². The molecule has 1 atom stereocenters. The normalized spacial score (nSPS) is 12.4. The summed E-state index contributed by atoms with van der Waals surface area (Å²) in [5.74, 6) is 1.26. The molecule has 1 unspecified atom stereocenters. The molecule has 96 valence electrons. The molecule has 0 amide bonds. The van der Waals surface area contributed by atoms with Crippen LogP contribution >= 0.6 is 0 Å². The summed E-state index contributed by atoms with van der Waals surface area (Å²) in [7, 11) is 1.58. The highest BCUT2D eigenvalue weighted by atomic mass is 19.1. The third kappa shape index (κ3) is 2.90. The zero-order valence-corrected chi connectivity index (χ0v) is 10.4. The lowest BCUT2D eigenvalue weighted by atomic mass is 10.1. The first-order valence-corrected chi connectivity index (χ1v) is 5.80. The summed E-state index contributed by atoms with van der Waals surface area (Å²) >= 11 is 0. The van der Waals surface area contributed by atoms with Crippen molar-refractivity contribution in [2.75, 3.05) is 7.11 Å². The average molecular weight is 249 g/mol. The van der Waals surface area contributed by atoms with E-state index in [2.05, 4.69) is 5.32 Å². The number of nitrogens with one attached hydrogen (secondary N) is 1. The van der Waals surface area contributed by atoms with E-state index in [0.29, 0.717) is 12.3 Å². The van der Waals surface area contributed by atoms with Crippen molar-refractivity contribution in [1.29, 1.82) is 0 Å². The van der Waals surface area contributed by atoms with Gasteiger partial charge in [-0.15, -0.1) is 0 Å². The topological polar surface area (TPSA) is 34.4 Å². The van der Waals surface area contributed by atoms with Crippen LogP contribution in [-0.4, -0.2) is 7.11 Å². The number of methoxy groups -OCH3 is 1. The van der Waals surface area contributed by atoms with Crippen molar-refractivity contribution in [1.82, 2.24) is 5.32 Å². The number of benzene rings is 1. The highest BCUT2D eigenvalue weighted by Gasteiger charge is 2.12. The van der Waals surface area contributed by atoms with Gasteiger partial charge >= 0.3 is 0 Å². The summed E-state index contributed by atoms with van der Waals surface area (Å²) in [6, 6.07) is 8.21. The van der Waals surface area contributed by atoms with Crippen LogP contribution in [-0.2, 0) is 6.54 Å². The van der Waals surface area contributed by atoms with Gasteiger partial charge in [0.1, 0.15) is 17.3 Å². The molecule has 0 bridgehead atoms. The molecule has 0 aliphatic rings. The lowest BCUT2D eigenvalue weighted by Gasteiger charge is -2.16. The highest BCUT2D eigenvalue weighted by molar-refractivity contribution is 5.36. The number of halogens is 1. The molecular weight excluding hydrogens is 233 g/mol. The number of rotatable bonds is 5. The van der Waals surface area contributed by atoms with Crippen molar-refractivity contribution < 1.29 is 13.5 Å². The summed E-state index contributed by atoms with van der Waals surface area (Å²) in [5.41, 5.74) is 0.795. The van der Waals surface area contributed by atoms with Crippen molar-refractivity contribution in [3.63, 3.8) is 0 Å². The summed E-state index contributed by atoms with van der Waals surface area (Å²) in [4.78, 5) is 0. The predicted octanol–water partition coefficient (Wildman–Crippen LogP) is 3.28. The summed E-state index contributed by atoms with van der Waals surface area (Å²) in [5, 5.41) is 3.26. The van der Waals surface area contributed by atoms with Crippen molar-refractivity contribution in [2.24, 2.45) is 0 Å². The van der Waals surface area contributed by atoms with Crippen LogP contribution in [0.1, 0.15) is 24.3 Å². The molecule has 1 N–H and O–H groups in total. The molecule has 0 saturated heterocycles. The maximum Gasteiger partial charge on any atom is 0.123 e. The predicted molar refractivity (Wildman–Crippen MR) is 66.9 cm³/mol. The third-order valence-corrected chi connectivity index (χ3v) is 2.82. The lowest BCUT2D eigenvalue weighted by Crippen LogP contribution is -2.18. The summed E-state index contributed by atoms with van der Waals surface area (Å²) < 4.78 is 23.7. The molecule has 0 saturated carbocycles. The fraction of sp³-hybridized carbons (Fsp3) is 0.286. The Morgan fingerprint density at radius 2 is 2.22 bits per heavy atom. The van der Waals surface area contributed by atoms with Crippen molar-refractivity contribution in [3.8, 4) is 5.75 Å². The zero-order valence-electron chi connectivity index (χ0n) is 10.4. The fourth-order valence-corrected chi connectivity index (χ4v) is 1.82. The Labute approximate surface area is 106 Å². The van der Waals surface area contributed by atoms with Crippen molar-refractivity contribution >= 4 is 0 Å². The Morgan fingerprint density at radius 1 is 1.39 bits per heavy atom. The Bertz CT molecular complexity index is 497. The van der Waals surface area contributed by atoms with Gasteiger partial charge in [-0.2, -0.15) is 0 Å². The minimum absolute atomic E-state index is 0.0271. The Kier molecular flexibility index (Phi) is 3.99. The van der Waals surface area contributed by atoms with E-state index in [1.807, 2.05) is 19.1 Å². The van der Waals surface area contributed by atoms with Gasteiger partial charge in [0, 0.05) is 11.6 Å². The number of furan rings is 1. The van der Waals surface area contributed by atoms with E-state index in [0.717, 1.165) is 11.3 Å². The molecule has 0 radical (unpaired) electrons. The summed E-state index contributed by atoms with van der Waals surface area (Å²) in [6.07, 6.45) is 1.63. The fourth-order valence-electron chi connectivity index (χ4n) is 1.82. The van der Waals surface area contributed by atoms with Crippen LogP contribution in [0, 0.1) is 5.82 Å². The van der Waals surface area contributed by atoms with Gasteiger partial charge in [-0.1, -0.05) is 0 Å². The standard InChI is InChI=1S/C14H16FNO2/c1-10(16-9-12-4-3-7-18-12)13-8-11(15)5-6-14(13)17-2/h3-8,10,16H,9H2,1-2H3. The van der Waals surface area contributed by atoms with E-state index >= 15 is 0 Å². The van der Waals surface area contributed by atoms with Gasteiger partial charge in [0.15, 0.2) is 0 Å². The largest absolute Gasteiger partial charge is 0.496 e. The Hall–Kier alpha value is -1.81. The first-order valence-electron chi connectivity index (χ1n) is 5.80. The minimum Gasteiger partial charge on any atom is -0.496 e. The molecule has 0 fully saturated rings. The molecule has 0 aliphatic heterocycles. The molecule has 4 heteroatoms. The molecule has 1 heterocycles. The lowest BCUT2D eigenvalue weighted by molar-refractivity contribution is 0.396. The second-order valence-corrected chi connectivity index (χ2v) is 4.07. The first-order chi connectivity index (χ1) is 8.70. The van der Waals surface area contributed by atoms with Gasteiger partial charge in [0.2, 0.25) is 0 Å². The number of hydrogen-bond acceptors (Lipinski definition) is 3. The molecular formula is C14H16FNO2. The van der Waals surface area contributed by atoms with Crippen molar-refractivity contribution in [2.45, 2.75) is 19.5 Å². The van der Waals surface area contributed by atoms with Crippen LogP contribution < -0.4 is 10.1 Å². The number of hydrogen-bond donors (Lipinski definition) is 1. The van der Waals surface area contributed by atoms with Crippen LogP contribution in [0.3, 0.4) is 0 Å². The molecule has 0 aliphatic carbocycles. The van der Waals surface area contributed by atoms with Gasteiger partial charge < -0.3 is 14.5 Å². The first kappa shape index (κ1) is 12.6. The van der Waals surface area contributed by atoms with E-state index < -0.39 is 0 Å². The van der Waals surface area contributed by atoms with E-state index in [-0.39, 0.29) is 11.9 Å². The smallest absolute Gasteiger partial charge is 0.123 e. The third-order valence-electron chi connectivity index (χ3n) is 2.82. The quantitative estimate of drug-likeness (QED) is 0.883. The van der Waals surface area contributed by atoms with Crippen LogP contribution in [0.4, 0.5) is 4.39 Å². The minimum atomic E-state index is -0.266. The maximum absolute atomic E-state index is 13.3. The van der Waals surface area contributed by atoms with Gasteiger partial charge in [0.05, 0.1) is 19.9 Å². The van der Waals surface area contributed by atoms with Gasteiger partial charge in [0.25, 0.3) is 0 Å². The zero-order chi connectivity index (χ0) is 13.0. The Morgan fingerprint density at radius 3 is 2.89 bits per heavy atom. The summed E-state index contributed by atoms with van der Waals surface area (Å²) in [6.45, 7) is 2.55.